The lowest BCUT2D eigenvalue weighted by Crippen LogP contribution is -1.93. The lowest BCUT2D eigenvalue weighted by molar-refractivity contribution is 1.10. The van der Waals surface area contributed by atoms with E-state index in [1.165, 1.54) is 27.8 Å². The van der Waals surface area contributed by atoms with Gasteiger partial charge in [0.2, 0.25) is 0 Å². The molecule has 0 nitrogen and oxygen atoms in total. The second-order valence-electron chi connectivity index (χ2n) is 5.01. The smallest absolute Gasteiger partial charge is 0.0211 e. The highest BCUT2D eigenvalue weighted by Crippen LogP contribution is 2.42. The Balaban J connectivity index is 1.97. The molecular formula is C18H14. The van der Waals surface area contributed by atoms with Gasteiger partial charge >= 0.3 is 0 Å². The van der Waals surface area contributed by atoms with Crippen molar-refractivity contribution in [3.05, 3.63) is 83.5 Å². The first-order chi connectivity index (χ1) is 8.93. The summed E-state index contributed by atoms with van der Waals surface area (Å²) in [6.07, 6.45) is 9.92. The van der Waals surface area contributed by atoms with Crippen LogP contribution < -0.4 is 0 Å². The fourth-order valence-corrected chi connectivity index (χ4v) is 3.14. The van der Waals surface area contributed by atoms with Crippen LogP contribution in [0.25, 0.3) is 11.1 Å². The third kappa shape index (κ3) is 1.32. The van der Waals surface area contributed by atoms with Crippen molar-refractivity contribution < 1.29 is 0 Å². The molecule has 0 fully saturated rings. The lowest BCUT2D eigenvalue weighted by atomic mass is 9.91. The Morgan fingerprint density at radius 1 is 0.778 bits per heavy atom. The van der Waals surface area contributed by atoms with Crippen LogP contribution in [0.4, 0.5) is 0 Å². The highest BCUT2D eigenvalue weighted by molar-refractivity contribution is 5.80. The van der Waals surface area contributed by atoms with E-state index >= 15 is 0 Å². The van der Waals surface area contributed by atoms with Crippen molar-refractivity contribution in [2.24, 2.45) is 0 Å². The number of benzene rings is 2. The highest BCUT2D eigenvalue weighted by atomic mass is 14.3. The molecule has 2 aliphatic carbocycles. The summed E-state index contributed by atoms with van der Waals surface area (Å²) >= 11 is 0. The number of allylic oxidation sites excluding steroid dienone is 4. The van der Waals surface area contributed by atoms with Gasteiger partial charge < -0.3 is 0 Å². The molecule has 0 N–H and O–H groups in total. The maximum atomic E-state index is 2.27. The summed E-state index contributed by atoms with van der Waals surface area (Å²) in [4.78, 5) is 0. The minimum atomic E-state index is 0.450. The first kappa shape index (κ1) is 9.90. The van der Waals surface area contributed by atoms with Crippen molar-refractivity contribution in [1.29, 1.82) is 0 Å². The predicted octanol–water partition coefficient (Wildman–Crippen LogP) is 4.47. The molecule has 0 aromatic heterocycles. The van der Waals surface area contributed by atoms with Crippen LogP contribution in [0.15, 0.2) is 66.8 Å². The predicted molar refractivity (Wildman–Crippen MR) is 75.7 cm³/mol. The molecule has 18 heavy (non-hydrogen) atoms. The number of hydrogen-bond donors (Lipinski definition) is 0. The minimum Gasteiger partial charge on any atom is -0.0732 e. The first-order valence-electron chi connectivity index (χ1n) is 6.48. The molecule has 86 valence electrons. The van der Waals surface area contributed by atoms with E-state index in [0.717, 1.165) is 6.42 Å². The number of hydrogen-bond acceptors (Lipinski definition) is 0. The Labute approximate surface area is 107 Å². The van der Waals surface area contributed by atoms with E-state index in [1.807, 2.05) is 0 Å². The van der Waals surface area contributed by atoms with Crippen LogP contribution in [0.5, 0.6) is 0 Å². The Morgan fingerprint density at radius 2 is 1.56 bits per heavy atom. The quantitative estimate of drug-likeness (QED) is 0.578. The summed E-state index contributed by atoms with van der Waals surface area (Å²) in [5.74, 6) is 0.450. The van der Waals surface area contributed by atoms with Gasteiger partial charge in [-0.2, -0.15) is 0 Å². The van der Waals surface area contributed by atoms with E-state index in [2.05, 4.69) is 66.8 Å². The van der Waals surface area contributed by atoms with Crippen LogP contribution in [-0.4, -0.2) is 0 Å². The molecule has 0 radical (unpaired) electrons. The van der Waals surface area contributed by atoms with E-state index in [4.69, 9.17) is 0 Å². The molecule has 0 saturated carbocycles. The zero-order chi connectivity index (χ0) is 11.9. The molecule has 0 spiro atoms. The normalized spacial score (nSPS) is 16.0. The van der Waals surface area contributed by atoms with Crippen molar-refractivity contribution in [2.75, 3.05) is 0 Å². The van der Waals surface area contributed by atoms with Gasteiger partial charge in [-0.05, 0) is 34.2 Å². The minimum absolute atomic E-state index is 0.450. The standard InChI is InChI=1S/C18H14/c1-2-7-13(6-1)16-11-5-9-15-12-14-8-3-4-10-17(14)18(15)16/h1-11,13H,12H2. The van der Waals surface area contributed by atoms with E-state index in [9.17, 15) is 0 Å². The summed E-state index contributed by atoms with van der Waals surface area (Å²) in [6, 6.07) is 15.5. The van der Waals surface area contributed by atoms with E-state index in [-0.39, 0.29) is 0 Å². The van der Waals surface area contributed by atoms with E-state index in [1.54, 1.807) is 0 Å². The van der Waals surface area contributed by atoms with Gasteiger partial charge in [-0.25, -0.2) is 0 Å². The summed E-state index contributed by atoms with van der Waals surface area (Å²) < 4.78 is 0. The third-order valence-corrected chi connectivity index (χ3v) is 3.96. The molecule has 2 aromatic rings. The Bertz CT molecular complexity index is 662. The van der Waals surface area contributed by atoms with Crippen LogP contribution in [0.1, 0.15) is 22.6 Å². The Kier molecular flexibility index (Phi) is 2.04. The summed E-state index contributed by atoms with van der Waals surface area (Å²) in [5, 5.41) is 0. The molecule has 0 bridgehead atoms. The molecule has 2 aliphatic rings. The van der Waals surface area contributed by atoms with Crippen molar-refractivity contribution in [1.82, 2.24) is 0 Å². The van der Waals surface area contributed by atoms with Gasteiger partial charge in [-0.1, -0.05) is 66.8 Å². The second kappa shape index (κ2) is 3.71. The average Bonchev–Trinajstić information content (AvgIpc) is 3.05. The molecule has 0 heteroatoms. The van der Waals surface area contributed by atoms with E-state index < -0.39 is 0 Å². The molecule has 0 heterocycles. The van der Waals surface area contributed by atoms with Gasteiger partial charge in [0, 0.05) is 5.92 Å². The SMILES string of the molecule is C1=CC(c2cccc3c2-c2ccccc2C3)C=C1. The largest absolute Gasteiger partial charge is 0.0732 e. The molecule has 4 rings (SSSR count). The topological polar surface area (TPSA) is 0 Å². The molecule has 0 atom stereocenters. The van der Waals surface area contributed by atoms with Crippen LogP contribution in [0.2, 0.25) is 0 Å². The third-order valence-electron chi connectivity index (χ3n) is 3.96. The Hall–Kier alpha value is -2.08. The average molecular weight is 230 g/mol. The Morgan fingerprint density at radius 3 is 2.44 bits per heavy atom. The second-order valence-corrected chi connectivity index (χ2v) is 5.01. The monoisotopic (exact) mass is 230 g/mol. The van der Waals surface area contributed by atoms with Gasteiger partial charge in [-0.15, -0.1) is 0 Å². The fraction of sp³-hybridized carbons (Fsp3) is 0.111. The zero-order valence-corrected chi connectivity index (χ0v) is 10.1. The molecule has 0 aliphatic heterocycles. The van der Waals surface area contributed by atoms with E-state index in [0.29, 0.717) is 5.92 Å². The number of fused-ring (bicyclic) bond motifs is 3. The van der Waals surface area contributed by atoms with Gasteiger partial charge in [0.1, 0.15) is 0 Å². The van der Waals surface area contributed by atoms with Crippen LogP contribution in [0.3, 0.4) is 0 Å². The van der Waals surface area contributed by atoms with Gasteiger partial charge in [-0.3, -0.25) is 0 Å². The van der Waals surface area contributed by atoms with Gasteiger partial charge in [0.25, 0.3) is 0 Å². The van der Waals surface area contributed by atoms with Crippen molar-refractivity contribution in [3.8, 4) is 11.1 Å². The maximum absolute atomic E-state index is 2.27. The van der Waals surface area contributed by atoms with Crippen LogP contribution in [0, 0.1) is 0 Å². The summed E-state index contributed by atoms with van der Waals surface area (Å²) in [6.45, 7) is 0. The van der Waals surface area contributed by atoms with Crippen molar-refractivity contribution in [3.63, 3.8) is 0 Å². The lowest BCUT2D eigenvalue weighted by Gasteiger charge is -2.13. The van der Waals surface area contributed by atoms with Crippen LogP contribution in [-0.2, 0) is 6.42 Å². The summed E-state index contributed by atoms with van der Waals surface area (Å²) in [7, 11) is 0. The summed E-state index contributed by atoms with van der Waals surface area (Å²) in [5.41, 5.74) is 7.28. The fourth-order valence-electron chi connectivity index (χ4n) is 3.14. The molecule has 0 amide bonds. The molecule has 0 saturated heterocycles. The number of rotatable bonds is 1. The first-order valence-corrected chi connectivity index (χ1v) is 6.48. The maximum Gasteiger partial charge on any atom is 0.0211 e. The zero-order valence-electron chi connectivity index (χ0n) is 10.1. The van der Waals surface area contributed by atoms with Crippen LogP contribution >= 0.6 is 0 Å². The van der Waals surface area contributed by atoms with Crippen molar-refractivity contribution in [2.45, 2.75) is 12.3 Å². The molecule has 2 aromatic carbocycles. The van der Waals surface area contributed by atoms with Gasteiger partial charge in [0.05, 0.1) is 0 Å². The van der Waals surface area contributed by atoms with Gasteiger partial charge in [0.15, 0.2) is 0 Å². The molecule has 0 unspecified atom stereocenters. The highest BCUT2D eigenvalue weighted by Gasteiger charge is 2.23. The van der Waals surface area contributed by atoms with Crippen molar-refractivity contribution >= 4 is 0 Å². The molecular weight excluding hydrogens is 216 g/mol.